The van der Waals surface area contributed by atoms with E-state index in [0.29, 0.717) is 5.04 Å². The quantitative estimate of drug-likeness (QED) is 0.277. The molecule has 0 nitrogen and oxygen atoms in total. The van der Waals surface area contributed by atoms with Gasteiger partial charge in [0, 0.05) is 5.33 Å². The zero-order valence-corrected chi connectivity index (χ0v) is 12.4. The third-order valence-electron chi connectivity index (χ3n) is 3.74. The number of hydrogen-bond acceptors (Lipinski definition) is 0. The molecule has 0 radical (unpaired) electrons. The minimum absolute atomic E-state index is 0.624. The van der Waals surface area contributed by atoms with E-state index in [1.165, 1.54) is 32.1 Å². The van der Waals surface area contributed by atoms with Gasteiger partial charge < -0.3 is 0 Å². The average Bonchev–Trinajstić information content (AvgIpc) is 2.71. The van der Waals surface area contributed by atoms with Crippen molar-refractivity contribution in [1.82, 2.24) is 0 Å². The summed E-state index contributed by atoms with van der Waals surface area (Å²) in [5.41, 5.74) is 1.55. The van der Waals surface area contributed by atoms with Crippen LogP contribution in [-0.4, -0.2) is 13.4 Å². The van der Waals surface area contributed by atoms with Gasteiger partial charge in [-0.2, -0.15) is 0 Å². The van der Waals surface area contributed by atoms with Gasteiger partial charge in [-0.05, 0) is 24.3 Å². The summed E-state index contributed by atoms with van der Waals surface area (Å²) in [6, 6.07) is 0. The number of rotatable bonds is 6. The zero-order chi connectivity index (χ0) is 10.8. The van der Waals surface area contributed by atoms with Gasteiger partial charge in [0.15, 0.2) is 0 Å². The van der Waals surface area contributed by atoms with E-state index in [-0.39, 0.29) is 0 Å². The smallest absolute Gasteiger partial charge is 0.0556 e. The molecule has 0 heterocycles. The lowest BCUT2D eigenvalue weighted by atomic mass is 10.1. The van der Waals surface area contributed by atoms with E-state index in [4.69, 9.17) is 0 Å². The van der Waals surface area contributed by atoms with Crippen LogP contribution in [0.4, 0.5) is 0 Å². The monoisotopic (exact) mass is 274 g/mol. The fraction of sp³-hybridized carbons (Fsp3) is 0.833. The summed E-state index contributed by atoms with van der Waals surface area (Å²) in [6.45, 7) is 11.7. The van der Waals surface area contributed by atoms with Crippen molar-refractivity contribution in [2.24, 2.45) is 0 Å². The summed E-state index contributed by atoms with van der Waals surface area (Å²) >= 11 is 3.49. The van der Waals surface area contributed by atoms with Gasteiger partial charge in [-0.15, -0.1) is 0 Å². The van der Waals surface area contributed by atoms with E-state index in [0.717, 1.165) is 5.33 Å². The Kier molecular flexibility index (Phi) is 4.04. The molecule has 1 aliphatic rings. The van der Waals surface area contributed by atoms with E-state index in [1.807, 2.05) is 0 Å². The SMILES string of the molecule is C=C1CC1(CCCCCBr)[Si](C)(C)C. The standard InChI is InChI=1S/C12H23BrSi/c1-11-10-12(11,14(2,3)4)8-6-5-7-9-13/h1,5-10H2,2-4H3. The van der Waals surface area contributed by atoms with Crippen LogP contribution in [0.1, 0.15) is 32.1 Å². The van der Waals surface area contributed by atoms with Gasteiger partial charge in [-0.1, -0.05) is 60.6 Å². The van der Waals surface area contributed by atoms with Crippen LogP contribution in [0.3, 0.4) is 0 Å². The highest BCUT2D eigenvalue weighted by molar-refractivity contribution is 9.09. The second-order valence-corrected chi connectivity index (χ2v) is 11.9. The van der Waals surface area contributed by atoms with Gasteiger partial charge in [0.05, 0.1) is 8.07 Å². The molecule has 0 amide bonds. The van der Waals surface area contributed by atoms with Crippen molar-refractivity contribution >= 4 is 24.0 Å². The number of allylic oxidation sites excluding steroid dienone is 1. The molecule has 0 aromatic carbocycles. The average molecular weight is 275 g/mol. The second kappa shape index (κ2) is 4.52. The lowest BCUT2D eigenvalue weighted by Crippen LogP contribution is -2.29. The van der Waals surface area contributed by atoms with E-state index in [1.54, 1.807) is 5.57 Å². The molecule has 2 heteroatoms. The van der Waals surface area contributed by atoms with Crippen molar-refractivity contribution < 1.29 is 0 Å². The molecule has 0 aromatic rings. The molecule has 0 aliphatic heterocycles. The van der Waals surface area contributed by atoms with Crippen molar-refractivity contribution in [2.45, 2.75) is 56.8 Å². The summed E-state index contributed by atoms with van der Waals surface area (Å²) in [5.74, 6) is 0. The summed E-state index contributed by atoms with van der Waals surface area (Å²) in [4.78, 5) is 0. The molecular weight excluding hydrogens is 252 g/mol. The Morgan fingerprint density at radius 1 is 1.29 bits per heavy atom. The predicted octanol–water partition coefficient (Wildman–Crippen LogP) is 4.98. The summed E-state index contributed by atoms with van der Waals surface area (Å²) < 4.78 is 0. The molecule has 14 heavy (non-hydrogen) atoms. The Bertz CT molecular complexity index is 217. The van der Waals surface area contributed by atoms with Crippen molar-refractivity contribution in [3.63, 3.8) is 0 Å². The van der Waals surface area contributed by atoms with Crippen LogP contribution >= 0.6 is 15.9 Å². The number of hydrogen-bond donors (Lipinski definition) is 0. The molecule has 0 saturated heterocycles. The summed E-state index contributed by atoms with van der Waals surface area (Å²) in [5, 5.41) is 1.78. The van der Waals surface area contributed by atoms with Crippen molar-refractivity contribution in [3.8, 4) is 0 Å². The fourth-order valence-corrected chi connectivity index (χ4v) is 5.58. The number of unbranched alkanes of at least 4 members (excludes halogenated alkanes) is 2. The topological polar surface area (TPSA) is 0 Å². The highest BCUT2D eigenvalue weighted by Gasteiger charge is 2.55. The van der Waals surface area contributed by atoms with Crippen LogP contribution in [-0.2, 0) is 0 Å². The third kappa shape index (κ3) is 2.51. The summed E-state index contributed by atoms with van der Waals surface area (Å²) in [7, 11) is -1.01. The third-order valence-corrected chi connectivity index (χ3v) is 7.95. The molecule has 1 atom stereocenters. The first kappa shape index (κ1) is 12.5. The fourth-order valence-electron chi connectivity index (χ4n) is 2.45. The number of alkyl halides is 1. The first-order valence-corrected chi connectivity index (χ1v) is 10.3. The Hall–Kier alpha value is 0.437. The molecule has 82 valence electrons. The van der Waals surface area contributed by atoms with Gasteiger partial charge >= 0.3 is 0 Å². The molecule has 1 unspecified atom stereocenters. The molecule has 0 bridgehead atoms. The lowest BCUT2D eigenvalue weighted by molar-refractivity contribution is 0.633. The largest absolute Gasteiger partial charge is 0.0996 e. The number of halogens is 1. The van der Waals surface area contributed by atoms with Crippen molar-refractivity contribution in [2.75, 3.05) is 5.33 Å². The van der Waals surface area contributed by atoms with Crippen LogP contribution in [0.2, 0.25) is 24.7 Å². The van der Waals surface area contributed by atoms with Gasteiger partial charge in [0.2, 0.25) is 0 Å². The van der Waals surface area contributed by atoms with Gasteiger partial charge in [0.1, 0.15) is 0 Å². The van der Waals surface area contributed by atoms with Gasteiger partial charge in [-0.25, -0.2) is 0 Å². The van der Waals surface area contributed by atoms with Crippen LogP contribution in [0, 0.1) is 0 Å². The molecule has 0 aromatic heterocycles. The normalized spacial score (nSPS) is 26.7. The second-order valence-electron chi connectivity index (χ2n) is 5.61. The van der Waals surface area contributed by atoms with Crippen LogP contribution in [0.25, 0.3) is 0 Å². The molecule has 1 rings (SSSR count). The van der Waals surface area contributed by atoms with E-state index in [9.17, 15) is 0 Å². The van der Waals surface area contributed by atoms with Gasteiger partial charge in [-0.3, -0.25) is 0 Å². The van der Waals surface area contributed by atoms with Crippen molar-refractivity contribution in [1.29, 1.82) is 0 Å². The van der Waals surface area contributed by atoms with Crippen molar-refractivity contribution in [3.05, 3.63) is 12.2 Å². The molecular formula is C12H23BrSi. The molecule has 1 saturated carbocycles. The first-order valence-electron chi connectivity index (χ1n) is 5.68. The minimum atomic E-state index is -1.01. The highest BCUT2D eigenvalue weighted by Crippen LogP contribution is 2.67. The summed E-state index contributed by atoms with van der Waals surface area (Å²) in [6.07, 6.45) is 6.85. The Balaban J connectivity index is 2.38. The van der Waals surface area contributed by atoms with Gasteiger partial charge in [0.25, 0.3) is 0 Å². The Morgan fingerprint density at radius 3 is 2.21 bits per heavy atom. The van der Waals surface area contributed by atoms with E-state index in [2.05, 4.69) is 42.1 Å². The lowest BCUT2D eigenvalue weighted by Gasteiger charge is -2.28. The molecule has 1 aliphatic carbocycles. The highest BCUT2D eigenvalue weighted by atomic mass is 79.9. The molecule has 0 N–H and O–H groups in total. The van der Waals surface area contributed by atoms with E-state index < -0.39 is 8.07 Å². The van der Waals surface area contributed by atoms with Crippen LogP contribution in [0.15, 0.2) is 12.2 Å². The Morgan fingerprint density at radius 2 is 1.86 bits per heavy atom. The molecule has 1 fully saturated rings. The van der Waals surface area contributed by atoms with Crippen LogP contribution < -0.4 is 0 Å². The van der Waals surface area contributed by atoms with Crippen LogP contribution in [0.5, 0.6) is 0 Å². The minimum Gasteiger partial charge on any atom is -0.0996 e. The molecule has 0 spiro atoms. The Labute approximate surface area is 98.3 Å². The van der Waals surface area contributed by atoms with E-state index >= 15 is 0 Å². The predicted molar refractivity (Wildman–Crippen MR) is 72.1 cm³/mol. The first-order chi connectivity index (χ1) is 6.44. The maximum atomic E-state index is 4.21. The zero-order valence-electron chi connectivity index (χ0n) is 9.83. The maximum Gasteiger partial charge on any atom is 0.0556 e. The maximum absolute atomic E-state index is 4.21.